The lowest BCUT2D eigenvalue weighted by atomic mass is 10.1. The SMILES string of the molecule is CO[Si]OC.Cc1ccccc1-c1cccs1. The van der Waals surface area contributed by atoms with E-state index >= 15 is 0 Å². The second-order valence-electron chi connectivity index (χ2n) is 3.28. The van der Waals surface area contributed by atoms with Crippen molar-refractivity contribution >= 4 is 21.3 Å². The van der Waals surface area contributed by atoms with Crippen LogP contribution in [0.15, 0.2) is 41.8 Å². The molecule has 2 nitrogen and oxygen atoms in total. The largest absolute Gasteiger partial charge is 0.432 e. The van der Waals surface area contributed by atoms with E-state index in [0.717, 1.165) is 0 Å². The predicted molar refractivity (Wildman–Crippen MR) is 74.3 cm³/mol. The van der Waals surface area contributed by atoms with Gasteiger partial charge < -0.3 is 8.85 Å². The lowest BCUT2D eigenvalue weighted by Gasteiger charge is -2.00. The van der Waals surface area contributed by atoms with Crippen molar-refractivity contribution in [2.45, 2.75) is 6.92 Å². The molecule has 2 rings (SSSR count). The summed E-state index contributed by atoms with van der Waals surface area (Å²) in [5.74, 6) is 0. The molecule has 90 valence electrons. The molecule has 2 aromatic rings. The van der Waals surface area contributed by atoms with Crippen LogP contribution in [0.4, 0.5) is 0 Å². The molecular formula is C13H16O2SSi. The summed E-state index contributed by atoms with van der Waals surface area (Å²) in [6.07, 6.45) is 0. The molecule has 17 heavy (non-hydrogen) atoms. The second kappa shape index (κ2) is 8.19. The molecule has 0 saturated carbocycles. The van der Waals surface area contributed by atoms with Gasteiger partial charge in [0.05, 0.1) is 0 Å². The van der Waals surface area contributed by atoms with Crippen molar-refractivity contribution in [1.29, 1.82) is 0 Å². The number of aryl methyl sites for hydroxylation is 1. The van der Waals surface area contributed by atoms with Gasteiger partial charge in [-0.25, -0.2) is 0 Å². The first-order chi connectivity index (χ1) is 8.29. The van der Waals surface area contributed by atoms with Crippen LogP contribution in [0.5, 0.6) is 0 Å². The minimum atomic E-state index is 0.198. The van der Waals surface area contributed by atoms with Crippen LogP contribution in [-0.4, -0.2) is 24.2 Å². The first-order valence-electron chi connectivity index (χ1n) is 5.20. The van der Waals surface area contributed by atoms with Crippen LogP contribution in [0.3, 0.4) is 0 Å². The Morgan fingerprint density at radius 3 is 2.18 bits per heavy atom. The average Bonchev–Trinajstić information content (AvgIpc) is 2.85. The lowest BCUT2D eigenvalue weighted by Crippen LogP contribution is -1.93. The molecule has 0 aliphatic rings. The van der Waals surface area contributed by atoms with E-state index in [2.05, 4.69) is 57.6 Å². The predicted octanol–water partition coefficient (Wildman–Crippen LogP) is 3.54. The fourth-order valence-corrected chi connectivity index (χ4v) is 2.35. The second-order valence-corrected chi connectivity index (χ2v) is 5.21. The minimum absolute atomic E-state index is 0.198. The maximum Gasteiger partial charge on any atom is 0.432 e. The summed E-state index contributed by atoms with van der Waals surface area (Å²) >= 11 is 1.79. The number of hydrogen-bond acceptors (Lipinski definition) is 3. The Balaban J connectivity index is 0.000000249. The van der Waals surface area contributed by atoms with Gasteiger partial charge in [-0.15, -0.1) is 11.3 Å². The topological polar surface area (TPSA) is 18.5 Å². The third-order valence-corrected chi connectivity index (χ3v) is 3.33. The summed E-state index contributed by atoms with van der Waals surface area (Å²) in [5.41, 5.74) is 2.70. The van der Waals surface area contributed by atoms with E-state index in [0.29, 0.717) is 0 Å². The van der Waals surface area contributed by atoms with Crippen LogP contribution in [0.25, 0.3) is 10.4 Å². The van der Waals surface area contributed by atoms with Crippen LogP contribution >= 0.6 is 11.3 Å². The highest BCUT2D eigenvalue weighted by atomic mass is 32.1. The third-order valence-electron chi connectivity index (χ3n) is 2.10. The molecule has 0 fully saturated rings. The molecule has 0 N–H and O–H groups in total. The van der Waals surface area contributed by atoms with E-state index < -0.39 is 0 Å². The molecule has 0 spiro atoms. The van der Waals surface area contributed by atoms with Crippen LogP contribution in [-0.2, 0) is 8.85 Å². The summed E-state index contributed by atoms with van der Waals surface area (Å²) in [5, 5.41) is 2.11. The van der Waals surface area contributed by atoms with E-state index in [1.807, 2.05) is 0 Å². The van der Waals surface area contributed by atoms with Gasteiger partial charge in [0.15, 0.2) is 0 Å². The molecule has 1 heterocycles. The Morgan fingerprint density at radius 2 is 1.71 bits per heavy atom. The lowest BCUT2D eigenvalue weighted by molar-refractivity contribution is 0.309. The summed E-state index contributed by atoms with van der Waals surface area (Å²) in [6.45, 7) is 2.15. The number of benzene rings is 1. The van der Waals surface area contributed by atoms with E-state index in [1.54, 1.807) is 25.6 Å². The average molecular weight is 264 g/mol. The van der Waals surface area contributed by atoms with E-state index in [4.69, 9.17) is 0 Å². The number of rotatable bonds is 3. The van der Waals surface area contributed by atoms with Crippen molar-refractivity contribution in [3.05, 3.63) is 47.3 Å². The maximum absolute atomic E-state index is 4.50. The zero-order valence-corrected chi connectivity index (χ0v) is 12.1. The van der Waals surface area contributed by atoms with Crippen LogP contribution in [0.1, 0.15) is 5.56 Å². The maximum atomic E-state index is 4.50. The first kappa shape index (κ1) is 14.1. The molecule has 0 unspecified atom stereocenters. The van der Waals surface area contributed by atoms with Gasteiger partial charge in [-0.05, 0) is 29.5 Å². The van der Waals surface area contributed by atoms with Gasteiger partial charge in [-0.3, -0.25) is 0 Å². The van der Waals surface area contributed by atoms with Gasteiger partial charge in [0, 0.05) is 19.1 Å². The van der Waals surface area contributed by atoms with E-state index in [9.17, 15) is 0 Å². The Hall–Kier alpha value is -0.943. The van der Waals surface area contributed by atoms with Gasteiger partial charge in [0.1, 0.15) is 0 Å². The Kier molecular flexibility index (Phi) is 6.80. The quantitative estimate of drug-likeness (QED) is 0.790. The van der Waals surface area contributed by atoms with Crippen molar-refractivity contribution < 1.29 is 8.85 Å². The summed E-state index contributed by atoms with van der Waals surface area (Å²) in [6, 6.07) is 12.7. The number of thiophene rings is 1. The van der Waals surface area contributed by atoms with E-state index in [1.165, 1.54) is 16.0 Å². The molecule has 0 saturated heterocycles. The molecule has 1 aromatic carbocycles. The van der Waals surface area contributed by atoms with Crippen LogP contribution in [0.2, 0.25) is 0 Å². The molecule has 0 aliphatic heterocycles. The van der Waals surface area contributed by atoms with Gasteiger partial charge in [-0.2, -0.15) is 0 Å². The molecule has 0 bridgehead atoms. The summed E-state index contributed by atoms with van der Waals surface area (Å²) < 4.78 is 8.99. The fraction of sp³-hybridized carbons (Fsp3) is 0.231. The highest BCUT2D eigenvalue weighted by molar-refractivity contribution is 7.13. The van der Waals surface area contributed by atoms with E-state index in [-0.39, 0.29) is 10.0 Å². The fourth-order valence-electron chi connectivity index (χ4n) is 1.36. The zero-order chi connectivity index (χ0) is 12.5. The molecule has 1 aromatic heterocycles. The van der Waals surface area contributed by atoms with Crippen molar-refractivity contribution in [2.24, 2.45) is 0 Å². The summed E-state index contributed by atoms with van der Waals surface area (Å²) in [4.78, 5) is 1.35. The van der Waals surface area contributed by atoms with Crippen LogP contribution < -0.4 is 0 Å². The van der Waals surface area contributed by atoms with Gasteiger partial charge in [-0.1, -0.05) is 30.3 Å². The number of hydrogen-bond donors (Lipinski definition) is 0. The van der Waals surface area contributed by atoms with Gasteiger partial charge in [0.25, 0.3) is 0 Å². The third kappa shape index (κ3) is 4.83. The summed E-state index contributed by atoms with van der Waals surface area (Å²) in [7, 11) is 3.40. The minimum Gasteiger partial charge on any atom is -0.396 e. The van der Waals surface area contributed by atoms with Crippen molar-refractivity contribution in [3.63, 3.8) is 0 Å². The van der Waals surface area contributed by atoms with Crippen molar-refractivity contribution in [1.82, 2.24) is 0 Å². The molecule has 0 aliphatic carbocycles. The molecule has 4 heteroatoms. The highest BCUT2D eigenvalue weighted by Crippen LogP contribution is 2.26. The van der Waals surface area contributed by atoms with Crippen LogP contribution in [0, 0.1) is 6.92 Å². The Labute approximate surface area is 109 Å². The molecular weight excluding hydrogens is 248 g/mol. The highest BCUT2D eigenvalue weighted by Gasteiger charge is 1.99. The zero-order valence-electron chi connectivity index (χ0n) is 10.3. The van der Waals surface area contributed by atoms with Crippen molar-refractivity contribution in [2.75, 3.05) is 14.2 Å². The Morgan fingerprint density at radius 1 is 1.00 bits per heavy atom. The monoisotopic (exact) mass is 264 g/mol. The van der Waals surface area contributed by atoms with Gasteiger partial charge >= 0.3 is 10.0 Å². The molecule has 0 amide bonds. The Bertz CT molecular complexity index is 413. The molecule has 2 radical (unpaired) electrons. The first-order valence-corrected chi connectivity index (χ1v) is 6.89. The van der Waals surface area contributed by atoms with Gasteiger partial charge in [0.2, 0.25) is 0 Å². The molecule has 0 atom stereocenters. The van der Waals surface area contributed by atoms with Crippen molar-refractivity contribution in [3.8, 4) is 10.4 Å². The normalized spacial score (nSPS) is 9.59. The smallest absolute Gasteiger partial charge is 0.396 e. The standard InChI is InChI=1S/C11H10S.C2H6O2Si/c1-9-5-2-3-6-10(9)11-7-4-8-12-11;1-3-5-4-2/h2-8H,1H3;1-2H3.